The molecule has 0 spiro atoms. The smallest absolute Gasteiger partial charge is 0.161 e. The van der Waals surface area contributed by atoms with E-state index in [-0.39, 0.29) is 12.1 Å². The molecule has 0 aliphatic carbocycles. The molecule has 1 fully saturated rings. The molecule has 1 aromatic heterocycles. The van der Waals surface area contributed by atoms with Gasteiger partial charge in [-0.1, -0.05) is 0 Å². The van der Waals surface area contributed by atoms with Crippen molar-refractivity contribution in [1.82, 2.24) is 4.98 Å². The zero-order chi connectivity index (χ0) is 12.3. The summed E-state index contributed by atoms with van der Waals surface area (Å²) in [7, 11) is 0. The van der Waals surface area contributed by atoms with E-state index < -0.39 is 0 Å². The third kappa shape index (κ3) is 2.73. The fraction of sp³-hybridized carbons (Fsp3) is 0.500. The number of nitrogens with two attached hydrogens (primary N) is 1. The van der Waals surface area contributed by atoms with Gasteiger partial charge in [0.1, 0.15) is 5.82 Å². The van der Waals surface area contributed by atoms with Crippen molar-refractivity contribution in [3.8, 4) is 6.07 Å². The number of hydrogen-bond donors (Lipinski definition) is 1. The van der Waals surface area contributed by atoms with Crippen LogP contribution in [0.1, 0.15) is 18.5 Å². The van der Waals surface area contributed by atoms with Gasteiger partial charge in [-0.25, -0.2) is 4.98 Å². The standard InChI is InChI=1S/C12H16N4O/c1-9(14)10-2-3-15-12(6-10)16-4-5-17-11(7-13)8-16/h2-3,6,9,11H,4-5,8,14H2,1H3. The van der Waals surface area contributed by atoms with E-state index in [4.69, 9.17) is 15.7 Å². The van der Waals surface area contributed by atoms with E-state index in [1.807, 2.05) is 19.1 Å². The third-order valence-electron chi connectivity index (χ3n) is 2.83. The van der Waals surface area contributed by atoms with Crippen molar-refractivity contribution < 1.29 is 4.74 Å². The predicted molar refractivity (Wildman–Crippen MR) is 64.4 cm³/mol. The number of pyridine rings is 1. The summed E-state index contributed by atoms with van der Waals surface area (Å²) in [5.41, 5.74) is 6.89. The quantitative estimate of drug-likeness (QED) is 0.817. The first kappa shape index (κ1) is 11.8. The lowest BCUT2D eigenvalue weighted by atomic mass is 10.1. The van der Waals surface area contributed by atoms with E-state index >= 15 is 0 Å². The fourth-order valence-electron chi connectivity index (χ4n) is 1.83. The Morgan fingerprint density at radius 1 is 1.71 bits per heavy atom. The minimum absolute atomic E-state index is 0.00967. The molecule has 1 aliphatic rings. The average molecular weight is 232 g/mol. The second kappa shape index (κ2) is 5.13. The van der Waals surface area contributed by atoms with Crippen LogP contribution in [0.25, 0.3) is 0 Å². The number of morpholine rings is 1. The molecule has 90 valence electrons. The Morgan fingerprint density at radius 2 is 2.53 bits per heavy atom. The van der Waals surface area contributed by atoms with Gasteiger partial charge in [-0.3, -0.25) is 0 Å². The first-order chi connectivity index (χ1) is 8.20. The molecule has 0 aromatic carbocycles. The van der Waals surface area contributed by atoms with E-state index in [1.54, 1.807) is 6.20 Å². The molecule has 1 saturated heterocycles. The second-order valence-electron chi connectivity index (χ2n) is 4.17. The van der Waals surface area contributed by atoms with Gasteiger partial charge in [-0.2, -0.15) is 5.26 Å². The molecule has 0 bridgehead atoms. The molecule has 5 heteroatoms. The maximum atomic E-state index is 8.86. The highest BCUT2D eigenvalue weighted by molar-refractivity contribution is 5.42. The summed E-state index contributed by atoms with van der Waals surface area (Å²) in [6.45, 7) is 3.82. The Balaban J connectivity index is 2.16. The van der Waals surface area contributed by atoms with Gasteiger partial charge < -0.3 is 15.4 Å². The van der Waals surface area contributed by atoms with Crippen LogP contribution in [0, 0.1) is 11.3 Å². The molecule has 2 unspecified atom stereocenters. The Bertz CT molecular complexity index is 427. The number of ether oxygens (including phenoxy) is 1. The van der Waals surface area contributed by atoms with E-state index in [1.165, 1.54) is 0 Å². The molecular formula is C12H16N4O. The molecule has 2 atom stereocenters. The zero-order valence-corrected chi connectivity index (χ0v) is 9.84. The van der Waals surface area contributed by atoms with Crippen molar-refractivity contribution in [3.05, 3.63) is 23.9 Å². The lowest BCUT2D eigenvalue weighted by molar-refractivity contribution is 0.0761. The molecule has 2 rings (SSSR count). The van der Waals surface area contributed by atoms with Gasteiger partial charge in [0, 0.05) is 18.8 Å². The minimum Gasteiger partial charge on any atom is -0.360 e. The van der Waals surface area contributed by atoms with E-state index in [9.17, 15) is 0 Å². The molecular weight excluding hydrogens is 216 g/mol. The van der Waals surface area contributed by atoms with Crippen LogP contribution in [0.2, 0.25) is 0 Å². The Morgan fingerprint density at radius 3 is 3.24 bits per heavy atom. The summed E-state index contributed by atoms with van der Waals surface area (Å²) >= 11 is 0. The molecule has 0 radical (unpaired) electrons. The average Bonchev–Trinajstić information content (AvgIpc) is 2.39. The van der Waals surface area contributed by atoms with Crippen LogP contribution in [0.5, 0.6) is 0 Å². The van der Waals surface area contributed by atoms with Gasteiger partial charge in [0.05, 0.1) is 19.2 Å². The number of nitriles is 1. The molecule has 0 saturated carbocycles. The normalized spacial score (nSPS) is 21.9. The Kier molecular flexibility index (Phi) is 3.57. The molecule has 1 aromatic rings. The van der Waals surface area contributed by atoms with E-state index in [0.29, 0.717) is 13.2 Å². The van der Waals surface area contributed by atoms with E-state index in [2.05, 4.69) is 16.0 Å². The topological polar surface area (TPSA) is 75.2 Å². The van der Waals surface area contributed by atoms with Gasteiger partial charge in [0.25, 0.3) is 0 Å². The highest BCUT2D eigenvalue weighted by atomic mass is 16.5. The second-order valence-corrected chi connectivity index (χ2v) is 4.17. The van der Waals surface area contributed by atoms with Crippen LogP contribution in [0.15, 0.2) is 18.3 Å². The van der Waals surface area contributed by atoms with Crippen LogP contribution in [-0.2, 0) is 4.74 Å². The summed E-state index contributed by atoms with van der Waals surface area (Å²) in [5, 5.41) is 8.86. The SMILES string of the molecule is CC(N)c1ccnc(N2CCOC(C#N)C2)c1. The van der Waals surface area contributed by atoms with Gasteiger partial charge in [0.15, 0.2) is 6.10 Å². The van der Waals surface area contributed by atoms with Gasteiger partial charge in [0.2, 0.25) is 0 Å². The number of nitrogens with zero attached hydrogens (tertiary/aromatic N) is 3. The van der Waals surface area contributed by atoms with Crippen molar-refractivity contribution in [2.45, 2.75) is 19.1 Å². The number of hydrogen-bond acceptors (Lipinski definition) is 5. The summed E-state index contributed by atoms with van der Waals surface area (Å²) in [5.74, 6) is 0.864. The maximum absolute atomic E-state index is 8.86. The lowest BCUT2D eigenvalue weighted by Crippen LogP contribution is -2.42. The Hall–Kier alpha value is -1.64. The Labute approximate surface area is 101 Å². The number of aromatic nitrogens is 1. The maximum Gasteiger partial charge on any atom is 0.161 e. The lowest BCUT2D eigenvalue weighted by Gasteiger charge is -2.30. The van der Waals surface area contributed by atoms with Crippen LogP contribution in [0.3, 0.4) is 0 Å². The minimum atomic E-state index is -0.371. The monoisotopic (exact) mass is 232 g/mol. The fourth-order valence-corrected chi connectivity index (χ4v) is 1.83. The third-order valence-corrected chi connectivity index (χ3v) is 2.83. The molecule has 2 N–H and O–H groups in total. The van der Waals surface area contributed by atoms with Crippen molar-refractivity contribution >= 4 is 5.82 Å². The highest BCUT2D eigenvalue weighted by Crippen LogP contribution is 2.18. The summed E-state index contributed by atoms with van der Waals surface area (Å²) in [4.78, 5) is 6.38. The largest absolute Gasteiger partial charge is 0.360 e. The van der Waals surface area contributed by atoms with Crippen LogP contribution >= 0.6 is 0 Å². The van der Waals surface area contributed by atoms with Gasteiger partial charge in [-0.05, 0) is 24.6 Å². The van der Waals surface area contributed by atoms with Crippen LogP contribution < -0.4 is 10.6 Å². The number of rotatable bonds is 2. The zero-order valence-electron chi connectivity index (χ0n) is 9.84. The summed E-state index contributed by atoms with van der Waals surface area (Å²) in [6, 6.07) is 6.00. The van der Waals surface area contributed by atoms with Crippen LogP contribution in [-0.4, -0.2) is 30.8 Å². The highest BCUT2D eigenvalue weighted by Gasteiger charge is 2.21. The van der Waals surface area contributed by atoms with E-state index in [0.717, 1.165) is 17.9 Å². The molecule has 2 heterocycles. The van der Waals surface area contributed by atoms with Crippen LogP contribution in [0.4, 0.5) is 5.82 Å². The first-order valence-electron chi connectivity index (χ1n) is 5.68. The molecule has 5 nitrogen and oxygen atoms in total. The summed E-state index contributed by atoms with van der Waals surface area (Å²) in [6.07, 6.45) is 1.38. The van der Waals surface area contributed by atoms with Crippen molar-refractivity contribution in [2.24, 2.45) is 5.73 Å². The van der Waals surface area contributed by atoms with Gasteiger partial charge in [-0.15, -0.1) is 0 Å². The first-order valence-corrected chi connectivity index (χ1v) is 5.68. The number of anilines is 1. The van der Waals surface area contributed by atoms with Gasteiger partial charge >= 0.3 is 0 Å². The van der Waals surface area contributed by atoms with Crippen molar-refractivity contribution in [1.29, 1.82) is 5.26 Å². The predicted octanol–water partition coefficient (Wildman–Crippen LogP) is 0.830. The summed E-state index contributed by atoms with van der Waals surface area (Å²) < 4.78 is 5.30. The molecule has 1 aliphatic heterocycles. The van der Waals surface area contributed by atoms with Crippen molar-refractivity contribution in [3.63, 3.8) is 0 Å². The molecule has 0 amide bonds. The molecule has 17 heavy (non-hydrogen) atoms. The van der Waals surface area contributed by atoms with Crippen molar-refractivity contribution in [2.75, 3.05) is 24.6 Å².